The number of amides is 1. The second-order valence-corrected chi connectivity index (χ2v) is 8.80. The maximum absolute atomic E-state index is 13.7. The van der Waals surface area contributed by atoms with Crippen molar-refractivity contribution in [3.63, 3.8) is 0 Å². The minimum absolute atomic E-state index is 0.242. The third-order valence-corrected chi connectivity index (χ3v) is 6.40. The number of benzene rings is 2. The fraction of sp³-hybridized carbons (Fsp3) is 0.320. The van der Waals surface area contributed by atoms with Crippen LogP contribution in [0.4, 0.5) is 11.6 Å². The first-order valence-corrected chi connectivity index (χ1v) is 12.3. The van der Waals surface area contributed by atoms with Gasteiger partial charge < -0.3 is 20.1 Å². The van der Waals surface area contributed by atoms with E-state index in [1.54, 1.807) is 23.6 Å². The van der Waals surface area contributed by atoms with Gasteiger partial charge in [0.05, 0.1) is 25.0 Å². The third-order valence-electron chi connectivity index (χ3n) is 5.36. The molecule has 0 radical (unpaired) electrons. The molecule has 1 unspecified atom stereocenters. The quantitative estimate of drug-likeness (QED) is 0.412. The fourth-order valence-electron chi connectivity index (χ4n) is 3.84. The molecule has 9 heteroatoms. The first kappa shape index (κ1) is 23.7. The van der Waals surface area contributed by atoms with Crippen molar-refractivity contribution >= 4 is 29.3 Å². The molecule has 4 rings (SSSR count). The van der Waals surface area contributed by atoms with Crippen LogP contribution >= 0.6 is 11.8 Å². The van der Waals surface area contributed by atoms with Crippen molar-refractivity contribution in [3.8, 4) is 11.5 Å². The van der Waals surface area contributed by atoms with E-state index < -0.39 is 6.04 Å². The molecule has 1 atom stereocenters. The Hall–Kier alpha value is -3.46. The molecule has 1 amide bonds. The molecule has 2 N–H and O–H groups in total. The van der Waals surface area contributed by atoms with Gasteiger partial charge in [-0.3, -0.25) is 4.79 Å². The lowest BCUT2D eigenvalue weighted by molar-refractivity contribution is -0.113. The Balaban J connectivity index is 1.76. The Morgan fingerprint density at radius 3 is 2.79 bits per heavy atom. The average molecular weight is 480 g/mol. The smallest absolute Gasteiger partial charge is 0.255 e. The SMILES string of the molecule is CCCSc1nc2n(n1)C(c1cccc(OC)c1)C(C(=O)Nc1ccccc1OCC)=C(C)N2. The molecule has 178 valence electrons. The van der Waals surface area contributed by atoms with Crippen LogP contribution < -0.4 is 20.1 Å². The molecule has 0 fully saturated rings. The van der Waals surface area contributed by atoms with Crippen LogP contribution in [0.15, 0.2) is 65.0 Å². The van der Waals surface area contributed by atoms with Gasteiger partial charge in [0.15, 0.2) is 0 Å². The van der Waals surface area contributed by atoms with Gasteiger partial charge in [-0.2, -0.15) is 4.98 Å². The zero-order chi connectivity index (χ0) is 24.1. The van der Waals surface area contributed by atoms with Gasteiger partial charge in [0.25, 0.3) is 5.91 Å². The minimum atomic E-state index is -0.478. The Morgan fingerprint density at radius 1 is 1.21 bits per heavy atom. The monoisotopic (exact) mass is 479 g/mol. The highest BCUT2D eigenvalue weighted by Crippen LogP contribution is 2.38. The van der Waals surface area contributed by atoms with E-state index in [0.29, 0.717) is 46.2 Å². The lowest BCUT2D eigenvalue weighted by atomic mass is 9.95. The number of rotatable bonds is 9. The number of fused-ring (bicyclic) bond motifs is 1. The molecule has 0 saturated carbocycles. The van der Waals surface area contributed by atoms with E-state index in [4.69, 9.17) is 14.6 Å². The van der Waals surface area contributed by atoms with Crippen molar-refractivity contribution in [2.24, 2.45) is 0 Å². The molecule has 34 heavy (non-hydrogen) atoms. The number of carbonyl (C=O) groups excluding carboxylic acids is 1. The summed E-state index contributed by atoms with van der Waals surface area (Å²) in [6, 6.07) is 14.6. The molecule has 3 aromatic rings. The van der Waals surface area contributed by atoms with E-state index in [2.05, 4.69) is 22.5 Å². The van der Waals surface area contributed by atoms with Crippen LogP contribution in [0.1, 0.15) is 38.8 Å². The summed E-state index contributed by atoms with van der Waals surface area (Å²) in [5, 5.41) is 11.7. The summed E-state index contributed by atoms with van der Waals surface area (Å²) in [6.45, 7) is 6.42. The maximum Gasteiger partial charge on any atom is 0.255 e. The van der Waals surface area contributed by atoms with Crippen LogP contribution in [-0.4, -0.2) is 40.1 Å². The van der Waals surface area contributed by atoms with Gasteiger partial charge in [-0.15, -0.1) is 5.10 Å². The topological polar surface area (TPSA) is 90.3 Å². The Morgan fingerprint density at radius 2 is 2.03 bits per heavy atom. The van der Waals surface area contributed by atoms with Gasteiger partial charge >= 0.3 is 0 Å². The normalized spacial score (nSPS) is 14.9. The summed E-state index contributed by atoms with van der Waals surface area (Å²) in [6.07, 6.45) is 1.02. The summed E-state index contributed by atoms with van der Waals surface area (Å²) in [7, 11) is 1.63. The summed E-state index contributed by atoms with van der Waals surface area (Å²) < 4.78 is 12.9. The summed E-state index contributed by atoms with van der Waals surface area (Å²) in [4.78, 5) is 18.4. The average Bonchev–Trinajstić information content (AvgIpc) is 3.25. The maximum atomic E-state index is 13.7. The van der Waals surface area contributed by atoms with Crippen LogP contribution in [0.2, 0.25) is 0 Å². The number of carbonyl (C=O) groups is 1. The van der Waals surface area contributed by atoms with Crippen molar-refractivity contribution in [1.82, 2.24) is 14.8 Å². The Kier molecular flexibility index (Phi) is 7.42. The predicted molar refractivity (Wildman–Crippen MR) is 135 cm³/mol. The minimum Gasteiger partial charge on any atom is -0.497 e. The number of allylic oxidation sites excluding steroid dienone is 1. The molecule has 0 aliphatic carbocycles. The van der Waals surface area contributed by atoms with Crippen LogP contribution in [0, 0.1) is 0 Å². The molecule has 0 saturated heterocycles. The highest BCUT2D eigenvalue weighted by Gasteiger charge is 2.35. The van der Waals surface area contributed by atoms with E-state index in [1.807, 2.05) is 62.4 Å². The molecule has 1 aliphatic rings. The van der Waals surface area contributed by atoms with Crippen molar-refractivity contribution < 1.29 is 14.3 Å². The van der Waals surface area contributed by atoms with Crippen molar-refractivity contribution in [3.05, 3.63) is 65.4 Å². The van der Waals surface area contributed by atoms with E-state index in [1.165, 1.54) is 0 Å². The highest BCUT2D eigenvalue weighted by molar-refractivity contribution is 7.99. The number of para-hydroxylation sites is 2. The second kappa shape index (κ2) is 10.6. The number of hydrogen-bond donors (Lipinski definition) is 2. The Bertz CT molecular complexity index is 1210. The third kappa shape index (κ3) is 4.89. The van der Waals surface area contributed by atoms with Crippen molar-refractivity contribution in [2.75, 3.05) is 30.1 Å². The standard InChI is InChI=1S/C25H29N5O3S/c1-5-14-34-25-28-24-26-16(3)21(23(31)27-19-12-7-8-13-20(19)33-6-2)22(30(24)29-25)17-10-9-11-18(15-17)32-4/h7-13,15,22H,5-6,14H2,1-4H3,(H,27,31)(H,26,28,29). The van der Waals surface area contributed by atoms with Gasteiger partial charge in [0.1, 0.15) is 17.5 Å². The molecule has 2 aromatic carbocycles. The van der Waals surface area contributed by atoms with Gasteiger partial charge in [-0.1, -0.05) is 43.0 Å². The molecular formula is C25H29N5O3S. The van der Waals surface area contributed by atoms with Crippen LogP contribution in [0.3, 0.4) is 0 Å². The van der Waals surface area contributed by atoms with E-state index >= 15 is 0 Å². The number of hydrogen-bond acceptors (Lipinski definition) is 7. The molecule has 2 heterocycles. The molecule has 0 bridgehead atoms. The lowest BCUT2D eigenvalue weighted by Crippen LogP contribution is -2.31. The number of nitrogens with zero attached hydrogens (tertiary/aromatic N) is 3. The number of ether oxygens (including phenoxy) is 2. The van der Waals surface area contributed by atoms with Crippen LogP contribution in [0.5, 0.6) is 11.5 Å². The fourth-order valence-corrected chi connectivity index (χ4v) is 4.52. The molecule has 0 spiro atoms. The van der Waals surface area contributed by atoms with Gasteiger partial charge in [-0.05, 0) is 50.1 Å². The molecule has 1 aromatic heterocycles. The summed E-state index contributed by atoms with van der Waals surface area (Å²) >= 11 is 1.60. The number of aromatic nitrogens is 3. The van der Waals surface area contributed by atoms with Crippen LogP contribution in [0.25, 0.3) is 0 Å². The van der Waals surface area contributed by atoms with Crippen molar-refractivity contribution in [2.45, 2.75) is 38.4 Å². The number of nitrogens with one attached hydrogen (secondary N) is 2. The summed E-state index contributed by atoms with van der Waals surface area (Å²) in [5.74, 6) is 2.61. The number of anilines is 2. The molecular weight excluding hydrogens is 450 g/mol. The lowest BCUT2D eigenvalue weighted by Gasteiger charge is -2.29. The van der Waals surface area contributed by atoms with Gasteiger partial charge in [0, 0.05) is 11.4 Å². The Labute approximate surface area is 203 Å². The van der Waals surface area contributed by atoms with Crippen molar-refractivity contribution in [1.29, 1.82) is 0 Å². The second-order valence-electron chi connectivity index (χ2n) is 7.74. The zero-order valence-corrected chi connectivity index (χ0v) is 20.6. The first-order chi connectivity index (χ1) is 16.5. The molecule has 1 aliphatic heterocycles. The van der Waals surface area contributed by atoms with Gasteiger partial charge in [-0.25, -0.2) is 4.68 Å². The summed E-state index contributed by atoms with van der Waals surface area (Å²) in [5.41, 5.74) is 2.75. The predicted octanol–water partition coefficient (Wildman–Crippen LogP) is 5.12. The number of methoxy groups -OCH3 is 1. The van der Waals surface area contributed by atoms with E-state index in [9.17, 15) is 4.79 Å². The largest absolute Gasteiger partial charge is 0.497 e. The van der Waals surface area contributed by atoms with Crippen LogP contribution in [-0.2, 0) is 4.79 Å². The highest BCUT2D eigenvalue weighted by atomic mass is 32.2. The van der Waals surface area contributed by atoms with E-state index in [0.717, 1.165) is 17.7 Å². The first-order valence-electron chi connectivity index (χ1n) is 11.3. The van der Waals surface area contributed by atoms with Gasteiger partial charge in [0.2, 0.25) is 11.1 Å². The molecule has 8 nitrogen and oxygen atoms in total. The zero-order valence-electron chi connectivity index (χ0n) is 19.8. The number of thioether (sulfide) groups is 1. The van der Waals surface area contributed by atoms with E-state index in [-0.39, 0.29) is 5.91 Å².